The van der Waals surface area contributed by atoms with E-state index in [4.69, 9.17) is 32.0 Å². The van der Waals surface area contributed by atoms with Crippen LogP contribution in [-0.4, -0.2) is 150 Å². The number of ether oxygens (including phenoxy) is 2. The normalized spacial score (nSPS) is 22.5. The van der Waals surface area contributed by atoms with Crippen LogP contribution in [0, 0.1) is 13.8 Å². The number of amides is 2. The van der Waals surface area contributed by atoms with Crippen molar-refractivity contribution in [2.75, 3.05) is 39.6 Å². The van der Waals surface area contributed by atoms with Crippen LogP contribution in [0.15, 0.2) is 68.2 Å². The Morgan fingerprint density at radius 1 is 0.747 bits per heavy atom. The Balaban J connectivity index is 1.08. The zero-order chi connectivity index (χ0) is 55.2. The number of H-pyrrole nitrogens is 2. The van der Waals surface area contributed by atoms with Crippen molar-refractivity contribution in [3.8, 4) is 11.4 Å². The molecular weight excluding hydrogens is 1050 g/mol. The van der Waals surface area contributed by atoms with E-state index in [0.717, 1.165) is 9.13 Å². The van der Waals surface area contributed by atoms with Gasteiger partial charge in [-0.3, -0.25) is 66.3 Å². The maximum atomic E-state index is 13.9. The second-order valence-corrected chi connectivity index (χ2v) is 26.9. The summed E-state index contributed by atoms with van der Waals surface area (Å²) in [6.45, 7) is 9.26. The van der Waals surface area contributed by atoms with E-state index in [-0.39, 0.29) is 58.1 Å². The van der Waals surface area contributed by atoms with Crippen LogP contribution in [0.5, 0.6) is 0 Å². The van der Waals surface area contributed by atoms with E-state index in [0.29, 0.717) is 0 Å². The molecule has 0 radical (unpaired) electrons. The lowest BCUT2D eigenvalue weighted by atomic mass is 10.1. The third-order valence-corrected chi connectivity index (χ3v) is 19.2. The summed E-state index contributed by atoms with van der Waals surface area (Å²) in [6.07, 6.45) is -2.31. The van der Waals surface area contributed by atoms with E-state index in [2.05, 4.69) is 30.6 Å². The number of phosphoric ester groups is 2. The molecule has 4 aromatic heterocycles. The van der Waals surface area contributed by atoms with Crippen LogP contribution < -0.4 is 33.1 Å². The fourth-order valence-corrected chi connectivity index (χ4v) is 10.5. The van der Waals surface area contributed by atoms with Crippen molar-refractivity contribution >= 4 is 35.8 Å². The number of nitrogens with zero attached hydrogens (tertiary/aromatic N) is 4. The number of aliphatic hydroxyl groups excluding tert-OH is 3. The second-order valence-electron chi connectivity index (χ2n) is 19.3. The van der Waals surface area contributed by atoms with Crippen LogP contribution in [0.3, 0.4) is 0 Å². The Morgan fingerprint density at radius 2 is 1.16 bits per heavy atom. The molecule has 2 amide bonds. The predicted octanol–water partition coefficient (Wildman–Crippen LogP) is 0.636. The molecule has 6 rings (SSSR count). The van der Waals surface area contributed by atoms with E-state index in [1.165, 1.54) is 62.9 Å². The maximum Gasteiger partial charge on any atom is 0.472 e. The van der Waals surface area contributed by atoms with Crippen molar-refractivity contribution in [2.45, 2.75) is 115 Å². The van der Waals surface area contributed by atoms with E-state index in [1.807, 2.05) is 33.9 Å². The highest BCUT2D eigenvalue weighted by atomic mass is 31.2. The van der Waals surface area contributed by atoms with Crippen LogP contribution >= 0.6 is 15.6 Å². The SMILES string of the molecule is Cc1cn([C@H]2C[C@H](OP(=O)(O)OCC(CO)NC(=O)c3ccnc(-c4cc(C(=O)NC(CO[Si](C)(C)C(C)(C)C)COP(=O)(O)O[C@H]5C[C@H](n6cc(C)c(=O)[nH]c6=O)O[C@@H]5CO)ccn4)c3)[C@@H](CO)O2)c(=O)[nH]c1=O. The molecule has 2 saturated heterocycles. The van der Waals surface area contributed by atoms with Crippen molar-refractivity contribution in [2.24, 2.45) is 0 Å². The summed E-state index contributed by atoms with van der Waals surface area (Å²) in [5.41, 5.74) is -2.16. The molecule has 31 heteroatoms. The molecular formula is C44H62N8O20P2Si. The van der Waals surface area contributed by atoms with Gasteiger partial charge in [0.05, 0.1) is 63.1 Å². The minimum Gasteiger partial charge on any atom is -0.415 e. The third kappa shape index (κ3) is 15.3. The topological polar surface area (TPSA) is 394 Å². The van der Waals surface area contributed by atoms with Gasteiger partial charge in [-0.2, -0.15) is 0 Å². The number of hydrogen-bond acceptors (Lipinski definition) is 20. The number of carbonyl (C=O) groups is 2. The van der Waals surface area contributed by atoms with Gasteiger partial charge < -0.3 is 49.6 Å². The molecule has 4 unspecified atom stereocenters. The molecule has 0 bridgehead atoms. The van der Waals surface area contributed by atoms with E-state index in [1.54, 1.807) is 0 Å². The molecule has 6 heterocycles. The highest BCUT2D eigenvalue weighted by Gasteiger charge is 2.44. The first-order valence-electron chi connectivity index (χ1n) is 23.4. The molecule has 10 atom stereocenters. The lowest BCUT2D eigenvalue weighted by Crippen LogP contribution is -2.47. The number of rotatable bonds is 23. The summed E-state index contributed by atoms with van der Waals surface area (Å²) < 4.78 is 67.5. The zero-order valence-electron chi connectivity index (χ0n) is 41.9. The standard InChI is InChI=1S/C44H62N8O20P2Si/c1-24-16-51(42(60)49-38(24)56)36-14-32(34(19-54)69-36)71-73(62,63)66-21-28(18-53)47-40(58)26-8-10-45-30(12-26)31-13-27(9-11-46-31)41(59)48-29(23-68-75(6,7)44(3,4)5)22-67-74(64,65)72-33-15-37(70-35(33)20-55)52-17-25(2)39(57)50-43(52)61/h8-13,16-17,28-29,32-37,53-55H,14-15,18-23H2,1-7H3,(H,47,58)(H,48,59)(H,62,63)(H,64,65)(H,49,56,60)(H,50,57,61)/t28?,29?,32-,33-,34+,35+,36+,37+/m0/s1. The smallest absolute Gasteiger partial charge is 0.415 e. The zero-order valence-corrected chi connectivity index (χ0v) is 44.7. The molecule has 0 aromatic carbocycles. The molecule has 4 aromatic rings. The monoisotopic (exact) mass is 1110 g/mol. The van der Waals surface area contributed by atoms with Gasteiger partial charge in [-0.05, 0) is 56.2 Å². The van der Waals surface area contributed by atoms with Gasteiger partial charge in [-0.25, -0.2) is 18.7 Å². The van der Waals surface area contributed by atoms with Crippen LogP contribution in [0.4, 0.5) is 0 Å². The summed E-state index contributed by atoms with van der Waals surface area (Å²) >= 11 is 0. The minimum absolute atomic E-state index is 0.00717. The number of aromatic nitrogens is 6. The summed E-state index contributed by atoms with van der Waals surface area (Å²) in [7, 11) is -12.4. The quantitative estimate of drug-likeness (QED) is 0.0363. The van der Waals surface area contributed by atoms with Gasteiger partial charge in [0.1, 0.15) is 36.9 Å². The van der Waals surface area contributed by atoms with Gasteiger partial charge >= 0.3 is 27.0 Å². The number of carbonyl (C=O) groups excluding carboxylic acids is 2. The lowest BCUT2D eigenvalue weighted by molar-refractivity contribution is -0.0467. The molecule has 2 aliphatic rings. The molecule has 2 aliphatic heterocycles. The van der Waals surface area contributed by atoms with Crippen LogP contribution in [0.1, 0.15) is 77.9 Å². The van der Waals surface area contributed by atoms with Crippen molar-refractivity contribution in [3.05, 3.63) is 113 Å². The third-order valence-electron chi connectivity index (χ3n) is 12.7. The lowest BCUT2D eigenvalue weighted by Gasteiger charge is -2.37. The first-order valence-corrected chi connectivity index (χ1v) is 29.3. The average Bonchev–Trinajstić information content (AvgIpc) is 3.95. The molecule has 2 fully saturated rings. The van der Waals surface area contributed by atoms with Crippen molar-refractivity contribution in [1.82, 2.24) is 39.7 Å². The largest absolute Gasteiger partial charge is 0.472 e. The van der Waals surface area contributed by atoms with E-state index >= 15 is 0 Å². The fourth-order valence-electron chi connectivity index (χ4n) is 7.42. The average molecular weight is 1110 g/mol. The Hall–Kier alpha value is -5.20. The Kier molecular flexibility index (Phi) is 19.2. The first-order chi connectivity index (χ1) is 35.1. The summed E-state index contributed by atoms with van der Waals surface area (Å²) in [4.78, 5) is 110. The van der Waals surface area contributed by atoms with Crippen LogP contribution in [0.25, 0.3) is 11.4 Å². The van der Waals surface area contributed by atoms with E-state index < -0.39 is 140 Å². The molecule has 28 nitrogen and oxygen atoms in total. The molecule has 0 saturated carbocycles. The number of aliphatic hydroxyl groups is 3. The van der Waals surface area contributed by atoms with Crippen molar-refractivity contribution in [1.29, 1.82) is 0 Å². The minimum atomic E-state index is -4.97. The van der Waals surface area contributed by atoms with Crippen molar-refractivity contribution < 1.29 is 75.8 Å². The van der Waals surface area contributed by atoms with Crippen LogP contribution in [0.2, 0.25) is 18.1 Å². The van der Waals surface area contributed by atoms with Crippen molar-refractivity contribution in [3.63, 3.8) is 0 Å². The highest BCUT2D eigenvalue weighted by Crippen LogP contribution is 2.49. The first kappa shape index (κ1) is 59.0. The number of nitrogens with one attached hydrogen (secondary N) is 4. The molecule has 412 valence electrons. The molecule has 0 aliphatic carbocycles. The molecule has 0 spiro atoms. The Morgan fingerprint density at radius 3 is 1.56 bits per heavy atom. The Bertz CT molecular complexity index is 3040. The summed E-state index contributed by atoms with van der Waals surface area (Å²) in [5, 5.41) is 34.9. The number of aryl methyl sites for hydroxylation is 2. The van der Waals surface area contributed by atoms with Gasteiger partial charge in [0, 0.05) is 59.9 Å². The van der Waals surface area contributed by atoms with Gasteiger partial charge in [-0.1, -0.05) is 20.8 Å². The van der Waals surface area contributed by atoms with Gasteiger partial charge in [0.15, 0.2) is 8.32 Å². The second kappa shape index (κ2) is 24.4. The number of phosphoric acid groups is 2. The highest BCUT2D eigenvalue weighted by molar-refractivity contribution is 7.47. The molecule has 9 N–H and O–H groups in total. The number of pyridine rings is 2. The summed E-state index contributed by atoms with van der Waals surface area (Å²) in [5.74, 6) is -1.47. The summed E-state index contributed by atoms with van der Waals surface area (Å²) in [6, 6.07) is 3.10. The van der Waals surface area contributed by atoms with Gasteiger partial charge in [-0.15, -0.1) is 0 Å². The fraction of sp³-hybridized carbons (Fsp3) is 0.545. The van der Waals surface area contributed by atoms with Gasteiger partial charge in [0.25, 0.3) is 22.9 Å². The Labute approximate surface area is 428 Å². The van der Waals surface area contributed by atoms with Gasteiger partial charge in [0.2, 0.25) is 0 Å². The van der Waals surface area contributed by atoms with E-state index in [9.17, 15) is 63.0 Å². The number of hydrogen-bond donors (Lipinski definition) is 9. The van der Waals surface area contributed by atoms with Crippen LogP contribution in [-0.2, 0) is 41.1 Å². The number of aromatic amines is 2. The predicted molar refractivity (Wildman–Crippen MR) is 265 cm³/mol. The molecule has 75 heavy (non-hydrogen) atoms. The maximum absolute atomic E-state index is 13.9.